The van der Waals surface area contributed by atoms with E-state index in [4.69, 9.17) is 5.73 Å². The van der Waals surface area contributed by atoms with Gasteiger partial charge < -0.3 is 10.6 Å². The van der Waals surface area contributed by atoms with Crippen molar-refractivity contribution in [2.24, 2.45) is 5.92 Å². The van der Waals surface area contributed by atoms with Gasteiger partial charge in [-0.1, -0.05) is 26.0 Å². The molecule has 0 unspecified atom stereocenters. The highest BCUT2D eigenvalue weighted by Crippen LogP contribution is 2.17. The molecule has 1 rings (SSSR count). The van der Waals surface area contributed by atoms with Gasteiger partial charge >= 0.3 is 0 Å². The molecule has 108 valence electrons. The van der Waals surface area contributed by atoms with Gasteiger partial charge in [0.1, 0.15) is 0 Å². The predicted molar refractivity (Wildman–Crippen MR) is 79.5 cm³/mol. The lowest BCUT2D eigenvalue weighted by molar-refractivity contribution is 0.209. The van der Waals surface area contributed by atoms with E-state index in [0.717, 1.165) is 19.6 Å². The van der Waals surface area contributed by atoms with Crippen LogP contribution in [0.5, 0.6) is 0 Å². The highest BCUT2D eigenvalue weighted by atomic mass is 19.1. The van der Waals surface area contributed by atoms with E-state index in [9.17, 15) is 4.39 Å². The van der Waals surface area contributed by atoms with Crippen molar-refractivity contribution >= 4 is 5.69 Å². The zero-order chi connectivity index (χ0) is 14.4. The average Bonchev–Trinajstić information content (AvgIpc) is 2.31. The van der Waals surface area contributed by atoms with Crippen LogP contribution in [0.15, 0.2) is 18.2 Å². The number of nitrogen functional groups attached to an aromatic ring is 1. The minimum atomic E-state index is -0.277. The molecule has 0 saturated carbocycles. The minimum Gasteiger partial charge on any atom is -0.396 e. The van der Waals surface area contributed by atoms with Gasteiger partial charge in [0, 0.05) is 31.7 Å². The van der Waals surface area contributed by atoms with Gasteiger partial charge in [-0.2, -0.15) is 0 Å². The first-order chi connectivity index (χ1) is 8.90. The van der Waals surface area contributed by atoms with Gasteiger partial charge in [-0.05, 0) is 26.1 Å². The Morgan fingerprint density at radius 2 is 1.89 bits per heavy atom. The Balaban J connectivity index is 2.72. The molecule has 1 aromatic carbocycles. The number of hydrogen-bond acceptors (Lipinski definition) is 3. The van der Waals surface area contributed by atoms with E-state index in [0.29, 0.717) is 18.0 Å². The lowest BCUT2D eigenvalue weighted by atomic mass is 10.1. The van der Waals surface area contributed by atoms with Crippen LogP contribution in [-0.2, 0) is 6.54 Å². The number of hydrogen-bond donors (Lipinski definition) is 1. The molecule has 0 atom stereocenters. The fourth-order valence-electron chi connectivity index (χ4n) is 2.06. The summed E-state index contributed by atoms with van der Waals surface area (Å²) in [5.74, 6) is 0.285. The number of nitrogens with two attached hydrogens (primary N) is 1. The van der Waals surface area contributed by atoms with Crippen LogP contribution in [0.1, 0.15) is 19.4 Å². The van der Waals surface area contributed by atoms with Gasteiger partial charge in [0.2, 0.25) is 0 Å². The molecule has 0 spiro atoms. The fourth-order valence-corrected chi connectivity index (χ4v) is 2.06. The molecule has 4 heteroatoms. The topological polar surface area (TPSA) is 32.5 Å². The molecular formula is C15H26FN3. The van der Waals surface area contributed by atoms with Gasteiger partial charge in [-0.15, -0.1) is 0 Å². The van der Waals surface area contributed by atoms with E-state index in [1.54, 1.807) is 6.07 Å². The maximum absolute atomic E-state index is 13.9. The molecule has 19 heavy (non-hydrogen) atoms. The van der Waals surface area contributed by atoms with E-state index in [2.05, 4.69) is 37.7 Å². The third-order valence-corrected chi connectivity index (χ3v) is 2.99. The van der Waals surface area contributed by atoms with Crippen molar-refractivity contribution in [2.75, 3.05) is 39.5 Å². The molecule has 0 radical (unpaired) electrons. The second-order valence-electron chi connectivity index (χ2n) is 5.75. The first-order valence-electron chi connectivity index (χ1n) is 6.80. The third-order valence-electron chi connectivity index (χ3n) is 2.99. The van der Waals surface area contributed by atoms with E-state index in [-0.39, 0.29) is 11.5 Å². The SMILES string of the molecule is CC(C)CN(CCN(C)C)Cc1cccc(N)c1F. The summed E-state index contributed by atoms with van der Waals surface area (Å²) in [5.41, 5.74) is 6.53. The zero-order valence-electron chi connectivity index (χ0n) is 12.5. The molecule has 3 nitrogen and oxygen atoms in total. The largest absolute Gasteiger partial charge is 0.396 e. The third kappa shape index (κ3) is 5.57. The molecule has 0 aromatic heterocycles. The van der Waals surface area contributed by atoms with Crippen LogP contribution in [0.3, 0.4) is 0 Å². The van der Waals surface area contributed by atoms with E-state index < -0.39 is 0 Å². The zero-order valence-corrected chi connectivity index (χ0v) is 12.5. The molecule has 0 bridgehead atoms. The van der Waals surface area contributed by atoms with Crippen LogP contribution in [0.25, 0.3) is 0 Å². The maximum atomic E-state index is 13.9. The van der Waals surface area contributed by atoms with Crippen molar-refractivity contribution < 1.29 is 4.39 Å². The molecule has 0 fully saturated rings. The monoisotopic (exact) mass is 267 g/mol. The highest BCUT2D eigenvalue weighted by Gasteiger charge is 2.12. The number of likely N-dealkylation sites (N-methyl/N-ethyl adjacent to an activating group) is 1. The maximum Gasteiger partial charge on any atom is 0.150 e. The summed E-state index contributed by atoms with van der Waals surface area (Å²) in [6.45, 7) is 7.83. The molecule has 0 heterocycles. The van der Waals surface area contributed by atoms with Crippen LogP contribution in [0, 0.1) is 11.7 Å². The van der Waals surface area contributed by atoms with Crippen LogP contribution < -0.4 is 5.73 Å². The second-order valence-corrected chi connectivity index (χ2v) is 5.75. The smallest absolute Gasteiger partial charge is 0.150 e. The van der Waals surface area contributed by atoms with Crippen molar-refractivity contribution in [3.05, 3.63) is 29.6 Å². The number of nitrogens with zero attached hydrogens (tertiary/aromatic N) is 2. The Labute approximate surface area is 116 Å². The van der Waals surface area contributed by atoms with Crippen LogP contribution in [0.2, 0.25) is 0 Å². The van der Waals surface area contributed by atoms with Gasteiger partial charge in [0.05, 0.1) is 5.69 Å². The Hall–Kier alpha value is -1.13. The van der Waals surface area contributed by atoms with Crippen molar-refractivity contribution in [1.82, 2.24) is 9.80 Å². The summed E-state index contributed by atoms with van der Waals surface area (Å²) in [6.07, 6.45) is 0. The lowest BCUT2D eigenvalue weighted by Gasteiger charge is -2.26. The number of rotatable bonds is 7. The summed E-state index contributed by atoms with van der Waals surface area (Å²) < 4.78 is 13.9. The van der Waals surface area contributed by atoms with E-state index >= 15 is 0 Å². The van der Waals surface area contributed by atoms with E-state index in [1.807, 2.05) is 12.1 Å². The van der Waals surface area contributed by atoms with Crippen molar-refractivity contribution in [3.8, 4) is 0 Å². The Bertz CT molecular complexity index is 391. The predicted octanol–water partition coefficient (Wildman–Crippen LogP) is 2.43. The van der Waals surface area contributed by atoms with Crippen molar-refractivity contribution in [1.29, 1.82) is 0 Å². The lowest BCUT2D eigenvalue weighted by Crippen LogP contribution is -2.34. The van der Waals surface area contributed by atoms with Gasteiger partial charge in [-0.3, -0.25) is 4.90 Å². The molecule has 0 aliphatic heterocycles. The number of halogens is 1. The molecule has 0 amide bonds. The first-order valence-corrected chi connectivity index (χ1v) is 6.80. The second kappa shape index (κ2) is 7.46. The highest BCUT2D eigenvalue weighted by molar-refractivity contribution is 5.42. The Kier molecular flexibility index (Phi) is 6.25. The average molecular weight is 267 g/mol. The molecule has 0 saturated heterocycles. The standard InChI is InChI=1S/C15H26FN3/c1-12(2)10-19(9-8-18(3)4)11-13-6-5-7-14(17)15(13)16/h5-7,12H,8-11,17H2,1-4H3. The molecule has 0 aliphatic rings. The molecular weight excluding hydrogens is 241 g/mol. The minimum absolute atomic E-state index is 0.231. The normalized spacial score (nSPS) is 11.8. The van der Waals surface area contributed by atoms with Crippen LogP contribution in [0.4, 0.5) is 10.1 Å². The van der Waals surface area contributed by atoms with Crippen LogP contribution >= 0.6 is 0 Å². The summed E-state index contributed by atoms with van der Waals surface area (Å²) in [4.78, 5) is 4.42. The summed E-state index contributed by atoms with van der Waals surface area (Å²) in [6, 6.07) is 5.23. The summed E-state index contributed by atoms with van der Waals surface area (Å²) in [7, 11) is 4.10. The summed E-state index contributed by atoms with van der Waals surface area (Å²) >= 11 is 0. The number of benzene rings is 1. The molecule has 1 aromatic rings. The Morgan fingerprint density at radius 3 is 2.47 bits per heavy atom. The Morgan fingerprint density at radius 1 is 1.21 bits per heavy atom. The van der Waals surface area contributed by atoms with Gasteiger partial charge in [-0.25, -0.2) is 4.39 Å². The molecule has 0 aliphatic carbocycles. The van der Waals surface area contributed by atoms with Gasteiger partial charge in [0.15, 0.2) is 5.82 Å². The van der Waals surface area contributed by atoms with Crippen molar-refractivity contribution in [3.63, 3.8) is 0 Å². The van der Waals surface area contributed by atoms with Gasteiger partial charge in [0.25, 0.3) is 0 Å². The first kappa shape index (κ1) is 15.9. The van der Waals surface area contributed by atoms with E-state index in [1.165, 1.54) is 0 Å². The number of anilines is 1. The molecule has 2 N–H and O–H groups in total. The van der Waals surface area contributed by atoms with Crippen LogP contribution in [-0.4, -0.2) is 43.5 Å². The quantitative estimate of drug-likeness (QED) is 0.770. The fraction of sp³-hybridized carbons (Fsp3) is 0.600. The van der Waals surface area contributed by atoms with Crippen molar-refractivity contribution in [2.45, 2.75) is 20.4 Å². The summed E-state index contributed by atoms with van der Waals surface area (Å²) in [5, 5.41) is 0.